The minimum absolute atomic E-state index is 0.0478. The highest BCUT2D eigenvalue weighted by atomic mass is 19.1. The van der Waals surface area contributed by atoms with Crippen LogP contribution in [0.3, 0.4) is 0 Å². The fourth-order valence-corrected chi connectivity index (χ4v) is 3.54. The fourth-order valence-electron chi connectivity index (χ4n) is 3.54. The summed E-state index contributed by atoms with van der Waals surface area (Å²) in [6.45, 7) is 4.03. The maximum absolute atomic E-state index is 13.7. The number of ketones is 1. The minimum Gasteiger partial charge on any atom is -0.299 e. The van der Waals surface area contributed by atoms with Gasteiger partial charge in [-0.2, -0.15) is 0 Å². The van der Waals surface area contributed by atoms with Crippen LogP contribution in [0.4, 0.5) is 4.39 Å². The van der Waals surface area contributed by atoms with Crippen LogP contribution < -0.4 is 0 Å². The van der Waals surface area contributed by atoms with Crippen molar-refractivity contribution in [2.45, 2.75) is 38.8 Å². The summed E-state index contributed by atoms with van der Waals surface area (Å²) in [6, 6.07) is 17.4. The predicted octanol–water partition coefficient (Wildman–Crippen LogP) is 4.24. The van der Waals surface area contributed by atoms with Crippen LogP contribution in [-0.4, -0.2) is 23.3 Å². The van der Waals surface area contributed by atoms with Crippen molar-refractivity contribution in [3.63, 3.8) is 0 Å². The second-order valence-electron chi connectivity index (χ2n) is 6.76. The molecular weight excluding hydrogens is 301 g/mol. The topological polar surface area (TPSA) is 20.3 Å². The van der Waals surface area contributed by atoms with E-state index in [2.05, 4.69) is 36.1 Å². The predicted molar refractivity (Wildman–Crippen MR) is 94.1 cm³/mol. The summed E-state index contributed by atoms with van der Waals surface area (Å²) in [6.07, 6.45) is 1.94. The molecule has 3 rings (SSSR count). The number of benzene rings is 2. The van der Waals surface area contributed by atoms with Crippen LogP contribution in [0.15, 0.2) is 54.6 Å². The number of piperidine rings is 1. The molecule has 1 aliphatic rings. The quantitative estimate of drug-likeness (QED) is 0.819. The van der Waals surface area contributed by atoms with Gasteiger partial charge in [-0.05, 0) is 43.5 Å². The first-order valence-electron chi connectivity index (χ1n) is 8.67. The van der Waals surface area contributed by atoms with Gasteiger partial charge in [-0.3, -0.25) is 9.69 Å². The van der Waals surface area contributed by atoms with E-state index < -0.39 is 0 Å². The standard InChI is InChI=1S/C21H24FNO/c1-16-13-19(21(24)14-18-9-5-6-10-20(18)22)11-12-23(16)15-17-7-3-2-4-8-17/h2-10,16,19H,11-15H2,1H3/t16-,19?/m1/s1. The van der Waals surface area contributed by atoms with Crippen LogP contribution in [0.2, 0.25) is 0 Å². The van der Waals surface area contributed by atoms with Crippen molar-refractivity contribution < 1.29 is 9.18 Å². The maximum Gasteiger partial charge on any atom is 0.140 e. The highest BCUT2D eigenvalue weighted by Crippen LogP contribution is 2.26. The van der Waals surface area contributed by atoms with E-state index in [0.29, 0.717) is 11.6 Å². The van der Waals surface area contributed by atoms with E-state index in [1.54, 1.807) is 18.2 Å². The van der Waals surface area contributed by atoms with E-state index >= 15 is 0 Å². The second kappa shape index (κ2) is 7.71. The molecule has 2 nitrogen and oxygen atoms in total. The summed E-state index contributed by atoms with van der Waals surface area (Å²) in [7, 11) is 0. The second-order valence-corrected chi connectivity index (χ2v) is 6.76. The number of carbonyl (C=O) groups is 1. The lowest BCUT2D eigenvalue weighted by Crippen LogP contribution is -2.42. The molecule has 126 valence electrons. The third kappa shape index (κ3) is 4.09. The van der Waals surface area contributed by atoms with Crippen LogP contribution in [0.5, 0.6) is 0 Å². The molecule has 24 heavy (non-hydrogen) atoms. The Hall–Kier alpha value is -2.00. The van der Waals surface area contributed by atoms with Gasteiger partial charge in [0.05, 0.1) is 0 Å². The monoisotopic (exact) mass is 325 g/mol. The first-order valence-corrected chi connectivity index (χ1v) is 8.67. The van der Waals surface area contributed by atoms with E-state index in [1.165, 1.54) is 11.6 Å². The van der Waals surface area contributed by atoms with E-state index in [4.69, 9.17) is 0 Å². The lowest BCUT2D eigenvalue weighted by atomic mass is 9.85. The normalized spacial score (nSPS) is 21.6. The molecule has 0 N–H and O–H groups in total. The smallest absolute Gasteiger partial charge is 0.140 e. The maximum atomic E-state index is 13.7. The van der Waals surface area contributed by atoms with Crippen molar-refractivity contribution in [3.05, 3.63) is 71.5 Å². The van der Waals surface area contributed by atoms with Gasteiger partial charge in [0, 0.05) is 24.9 Å². The molecule has 2 atom stereocenters. The zero-order chi connectivity index (χ0) is 16.9. The zero-order valence-corrected chi connectivity index (χ0v) is 14.1. The number of likely N-dealkylation sites (tertiary alicyclic amines) is 1. The van der Waals surface area contributed by atoms with Crippen molar-refractivity contribution in [2.24, 2.45) is 5.92 Å². The molecular formula is C21H24FNO. The van der Waals surface area contributed by atoms with Crippen molar-refractivity contribution in [2.75, 3.05) is 6.54 Å². The summed E-state index contributed by atoms with van der Waals surface area (Å²) in [5.74, 6) is -0.0571. The molecule has 3 heteroatoms. The molecule has 0 aromatic heterocycles. The number of rotatable bonds is 5. The molecule has 0 saturated carbocycles. The van der Waals surface area contributed by atoms with Crippen molar-refractivity contribution >= 4 is 5.78 Å². The van der Waals surface area contributed by atoms with Gasteiger partial charge in [-0.25, -0.2) is 4.39 Å². The molecule has 1 saturated heterocycles. The van der Waals surface area contributed by atoms with Gasteiger partial charge in [-0.15, -0.1) is 0 Å². The molecule has 1 fully saturated rings. The van der Waals surface area contributed by atoms with Gasteiger partial charge >= 0.3 is 0 Å². The number of carbonyl (C=O) groups excluding carboxylic acids is 1. The van der Waals surface area contributed by atoms with E-state index in [0.717, 1.165) is 25.9 Å². The molecule has 0 radical (unpaired) electrons. The van der Waals surface area contributed by atoms with Crippen molar-refractivity contribution in [1.82, 2.24) is 4.90 Å². The number of halogens is 1. The summed E-state index contributed by atoms with van der Waals surface area (Å²) < 4.78 is 13.7. The van der Waals surface area contributed by atoms with Gasteiger partial charge in [0.1, 0.15) is 11.6 Å². The minimum atomic E-state index is -0.277. The van der Waals surface area contributed by atoms with Gasteiger partial charge in [0.25, 0.3) is 0 Å². The SMILES string of the molecule is C[C@@H]1CC(C(=O)Cc2ccccc2F)CCN1Cc1ccccc1. The lowest BCUT2D eigenvalue weighted by Gasteiger charge is -2.37. The third-order valence-electron chi connectivity index (χ3n) is 5.02. The molecule has 1 unspecified atom stereocenters. The number of hydrogen-bond acceptors (Lipinski definition) is 2. The van der Waals surface area contributed by atoms with Gasteiger partial charge < -0.3 is 0 Å². The summed E-state index contributed by atoms with van der Waals surface area (Å²) in [4.78, 5) is 15.0. The van der Waals surface area contributed by atoms with Crippen molar-refractivity contribution in [3.8, 4) is 0 Å². The van der Waals surface area contributed by atoms with Gasteiger partial charge in [0.2, 0.25) is 0 Å². The Labute approximate surface area is 143 Å². The Morgan fingerprint density at radius 1 is 1.12 bits per heavy atom. The average molecular weight is 325 g/mol. The van der Waals surface area contributed by atoms with E-state index in [1.807, 2.05) is 6.07 Å². The van der Waals surface area contributed by atoms with Crippen LogP contribution in [-0.2, 0) is 17.8 Å². The highest BCUT2D eigenvalue weighted by Gasteiger charge is 2.29. The van der Waals surface area contributed by atoms with E-state index in [9.17, 15) is 9.18 Å². The number of Topliss-reactive ketones (excluding diaryl/α,β-unsaturated/α-hetero) is 1. The van der Waals surface area contributed by atoms with Crippen LogP contribution in [0, 0.1) is 11.7 Å². The van der Waals surface area contributed by atoms with Crippen LogP contribution in [0.1, 0.15) is 30.9 Å². The van der Waals surface area contributed by atoms with Crippen molar-refractivity contribution in [1.29, 1.82) is 0 Å². The summed E-state index contributed by atoms with van der Waals surface area (Å²) in [5, 5.41) is 0. The Morgan fingerprint density at radius 3 is 2.54 bits per heavy atom. The molecule has 2 aromatic carbocycles. The van der Waals surface area contributed by atoms with Crippen LogP contribution in [0.25, 0.3) is 0 Å². The fraction of sp³-hybridized carbons (Fsp3) is 0.381. The van der Waals surface area contributed by atoms with Gasteiger partial charge in [0.15, 0.2) is 0 Å². The molecule has 0 amide bonds. The third-order valence-corrected chi connectivity index (χ3v) is 5.02. The number of nitrogens with zero attached hydrogens (tertiary/aromatic N) is 1. The molecule has 1 aliphatic heterocycles. The first kappa shape index (κ1) is 16.8. The Kier molecular flexibility index (Phi) is 5.41. The zero-order valence-electron chi connectivity index (χ0n) is 14.1. The average Bonchev–Trinajstić information content (AvgIpc) is 2.59. The molecule has 2 aromatic rings. The first-order chi connectivity index (χ1) is 11.6. The Morgan fingerprint density at radius 2 is 1.83 bits per heavy atom. The summed E-state index contributed by atoms with van der Waals surface area (Å²) >= 11 is 0. The van der Waals surface area contributed by atoms with E-state index in [-0.39, 0.29) is 23.9 Å². The molecule has 0 spiro atoms. The molecule has 1 heterocycles. The molecule has 0 aliphatic carbocycles. The Balaban J connectivity index is 1.57. The highest BCUT2D eigenvalue weighted by molar-refractivity contribution is 5.83. The largest absolute Gasteiger partial charge is 0.299 e. The summed E-state index contributed by atoms with van der Waals surface area (Å²) in [5.41, 5.74) is 1.82. The van der Waals surface area contributed by atoms with Crippen LogP contribution >= 0.6 is 0 Å². The lowest BCUT2D eigenvalue weighted by molar-refractivity contribution is -0.124. The van der Waals surface area contributed by atoms with Gasteiger partial charge in [-0.1, -0.05) is 48.5 Å². The number of hydrogen-bond donors (Lipinski definition) is 0. The molecule has 0 bridgehead atoms. The Bertz CT molecular complexity index is 685.